The molecule has 5 heteroatoms. The molecule has 0 bridgehead atoms. The van der Waals surface area contributed by atoms with Crippen LogP contribution in [0, 0.1) is 5.82 Å². The van der Waals surface area contributed by atoms with Crippen molar-refractivity contribution in [2.45, 2.75) is 0 Å². The maximum absolute atomic E-state index is 13.1. The Hall–Kier alpha value is -3.21. The smallest absolute Gasteiger partial charge is 0.154 e. The average molecular weight is 305 g/mol. The van der Waals surface area contributed by atoms with E-state index < -0.39 is 0 Å². The lowest BCUT2D eigenvalue weighted by atomic mass is 10.1. The van der Waals surface area contributed by atoms with Crippen LogP contribution in [0.15, 0.2) is 66.9 Å². The molecule has 0 aliphatic heterocycles. The van der Waals surface area contributed by atoms with Crippen molar-refractivity contribution in [3.05, 3.63) is 72.7 Å². The predicted molar refractivity (Wildman–Crippen MR) is 85.5 cm³/mol. The number of nitrogens with zero attached hydrogens (tertiary/aromatic N) is 3. The molecule has 2 heterocycles. The number of hydrogen-bond donors (Lipinski definition) is 1. The van der Waals surface area contributed by atoms with Crippen LogP contribution in [0.4, 0.5) is 4.39 Å². The van der Waals surface area contributed by atoms with Gasteiger partial charge in [0.1, 0.15) is 11.6 Å². The molecule has 112 valence electrons. The summed E-state index contributed by atoms with van der Waals surface area (Å²) in [5.74, 6) is -0.0925. The molecule has 0 saturated heterocycles. The van der Waals surface area contributed by atoms with E-state index >= 15 is 0 Å². The monoisotopic (exact) mass is 305 g/mol. The fraction of sp³-hybridized carbons (Fsp3) is 0. The SMILES string of the molecule is Oc1cccc(-c2cnc3ccc(-c4ccc(F)cc4)nn23)c1. The van der Waals surface area contributed by atoms with Crippen LogP contribution in [0.1, 0.15) is 0 Å². The van der Waals surface area contributed by atoms with Crippen LogP contribution >= 0.6 is 0 Å². The Bertz CT molecular complexity index is 993. The van der Waals surface area contributed by atoms with E-state index in [2.05, 4.69) is 10.1 Å². The number of halogens is 1. The molecule has 2 aromatic heterocycles. The predicted octanol–water partition coefficient (Wildman–Crippen LogP) is 3.91. The van der Waals surface area contributed by atoms with E-state index in [0.29, 0.717) is 5.65 Å². The van der Waals surface area contributed by atoms with E-state index in [1.54, 1.807) is 41.0 Å². The molecule has 0 aliphatic carbocycles. The molecule has 0 radical (unpaired) electrons. The molecule has 0 fully saturated rings. The van der Waals surface area contributed by atoms with Crippen molar-refractivity contribution in [3.8, 4) is 28.3 Å². The summed E-state index contributed by atoms with van der Waals surface area (Å²) in [6.07, 6.45) is 1.71. The number of hydrogen-bond acceptors (Lipinski definition) is 3. The molecule has 0 spiro atoms. The zero-order valence-electron chi connectivity index (χ0n) is 12.0. The van der Waals surface area contributed by atoms with Crippen molar-refractivity contribution >= 4 is 5.65 Å². The van der Waals surface area contributed by atoms with Crippen molar-refractivity contribution in [2.75, 3.05) is 0 Å². The zero-order valence-corrected chi connectivity index (χ0v) is 12.0. The Balaban J connectivity index is 1.88. The van der Waals surface area contributed by atoms with Gasteiger partial charge < -0.3 is 5.11 Å². The second-order valence-corrected chi connectivity index (χ2v) is 5.19. The first kappa shape index (κ1) is 13.5. The molecule has 0 aliphatic rings. The Morgan fingerprint density at radius 1 is 0.913 bits per heavy atom. The maximum Gasteiger partial charge on any atom is 0.154 e. The highest BCUT2D eigenvalue weighted by atomic mass is 19.1. The first-order valence-electron chi connectivity index (χ1n) is 7.11. The highest BCUT2D eigenvalue weighted by molar-refractivity contribution is 5.66. The van der Waals surface area contributed by atoms with Crippen LogP contribution in [-0.2, 0) is 0 Å². The second-order valence-electron chi connectivity index (χ2n) is 5.19. The molecule has 23 heavy (non-hydrogen) atoms. The van der Waals surface area contributed by atoms with E-state index in [1.807, 2.05) is 18.2 Å². The van der Waals surface area contributed by atoms with Crippen LogP contribution in [-0.4, -0.2) is 19.7 Å². The van der Waals surface area contributed by atoms with Crippen molar-refractivity contribution < 1.29 is 9.50 Å². The molecule has 0 saturated carbocycles. The number of aromatic hydroxyl groups is 1. The highest BCUT2D eigenvalue weighted by Crippen LogP contribution is 2.25. The van der Waals surface area contributed by atoms with Gasteiger partial charge in [-0.1, -0.05) is 12.1 Å². The van der Waals surface area contributed by atoms with Crippen molar-refractivity contribution in [1.82, 2.24) is 14.6 Å². The third-order valence-electron chi connectivity index (χ3n) is 3.64. The summed E-state index contributed by atoms with van der Waals surface area (Å²) in [6, 6.07) is 16.8. The fourth-order valence-electron chi connectivity index (χ4n) is 2.51. The number of rotatable bonds is 2. The van der Waals surface area contributed by atoms with Gasteiger partial charge in [-0.15, -0.1) is 0 Å². The van der Waals surface area contributed by atoms with Crippen molar-refractivity contribution in [2.24, 2.45) is 0 Å². The summed E-state index contributed by atoms with van der Waals surface area (Å²) in [5.41, 5.74) is 3.84. The highest BCUT2D eigenvalue weighted by Gasteiger charge is 2.09. The zero-order chi connectivity index (χ0) is 15.8. The second kappa shape index (κ2) is 5.21. The van der Waals surface area contributed by atoms with Crippen LogP contribution in [0.2, 0.25) is 0 Å². The Morgan fingerprint density at radius 3 is 2.52 bits per heavy atom. The van der Waals surface area contributed by atoms with Gasteiger partial charge >= 0.3 is 0 Å². The minimum absolute atomic E-state index is 0.187. The van der Waals surface area contributed by atoms with Gasteiger partial charge in [0.05, 0.1) is 17.6 Å². The van der Waals surface area contributed by atoms with E-state index in [0.717, 1.165) is 22.5 Å². The largest absolute Gasteiger partial charge is 0.508 e. The minimum Gasteiger partial charge on any atom is -0.508 e. The summed E-state index contributed by atoms with van der Waals surface area (Å²) in [5, 5.41) is 14.2. The quantitative estimate of drug-likeness (QED) is 0.611. The van der Waals surface area contributed by atoms with Crippen molar-refractivity contribution in [1.29, 1.82) is 0 Å². The van der Waals surface area contributed by atoms with Gasteiger partial charge in [0, 0.05) is 11.1 Å². The van der Waals surface area contributed by atoms with Gasteiger partial charge in [0.15, 0.2) is 5.65 Å². The van der Waals surface area contributed by atoms with Gasteiger partial charge in [-0.05, 0) is 48.5 Å². The van der Waals surface area contributed by atoms with E-state index in [4.69, 9.17) is 0 Å². The van der Waals surface area contributed by atoms with Gasteiger partial charge in [-0.3, -0.25) is 0 Å². The summed E-state index contributed by atoms with van der Waals surface area (Å²) in [7, 11) is 0. The van der Waals surface area contributed by atoms with Crippen LogP contribution in [0.3, 0.4) is 0 Å². The third-order valence-corrected chi connectivity index (χ3v) is 3.64. The molecule has 4 nitrogen and oxygen atoms in total. The van der Waals surface area contributed by atoms with E-state index in [9.17, 15) is 9.50 Å². The molecule has 0 unspecified atom stereocenters. The average Bonchev–Trinajstić information content (AvgIpc) is 2.98. The molecule has 0 atom stereocenters. The number of benzene rings is 2. The number of phenolic OH excluding ortho intramolecular Hbond substituents is 1. The normalized spacial score (nSPS) is 11.0. The first-order valence-corrected chi connectivity index (χ1v) is 7.11. The first-order chi connectivity index (χ1) is 11.2. The number of aromatic nitrogens is 3. The lowest BCUT2D eigenvalue weighted by molar-refractivity contribution is 0.475. The summed E-state index contributed by atoms with van der Waals surface area (Å²) < 4.78 is 14.8. The summed E-state index contributed by atoms with van der Waals surface area (Å²) >= 11 is 0. The van der Waals surface area contributed by atoms with E-state index in [-0.39, 0.29) is 11.6 Å². The van der Waals surface area contributed by atoms with Crippen molar-refractivity contribution in [3.63, 3.8) is 0 Å². The standard InChI is InChI=1S/C18H12FN3O/c19-14-6-4-12(5-7-14)16-8-9-18-20-11-17(22(18)21-16)13-2-1-3-15(23)10-13/h1-11,23H. The molecule has 2 aromatic carbocycles. The molecular weight excluding hydrogens is 293 g/mol. The number of fused-ring (bicyclic) bond motifs is 1. The maximum atomic E-state index is 13.1. The lowest BCUT2D eigenvalue weighted by Crippen LogP contribution is -1.96. The molecule has 4 rings (SSSR count). The number of imidazole rings is 1. The lowest BCUT2D eigenvalue weighted by Gasteiger charge is -2.05. The summed E-state index contributed by atoms with van der Waals surface area (Å²) in [6.45, 7) is 0. The van der Waals surface area contributed by atoms with Gasteiger partial charge in [-0.25, -0.2) is 13.9 Å². The third kappa shape index (κ3) is 2.42. The Morgan fingerprint density at radius 2 is 1.74 bits per heavy atom. The minimum atomic E-state index is -0.280. The Kier molecular flexibility index (Phi) is 3.05. The number of phenols is 1. The Labute approximate surface area is 131 Å². The van der Waals surface area contributed by atoms with Crippen LogP contribution in [0.5, 0.6) is 5.75 Å². The van der Waals surface area contributed by atoms with Crippen LogP contribution in [0.25, 0.3) is 28.2 Å². The van der Waals surface area contributed by atoms with E-state index in [1.165, 1.54) is 12.1 Å². The summed E-state index contributed by atoms with van der Waals surface area (Å²) in [4.78, 5) is 4.33. The van der Waals surface area contributed by atoms with Gasteiger partial charge in [0.2, 0.25) is 0 Å². The van der Waals surface area contributed by atoms with Gasteiger partial charge in [0.25, 0.3) is 0 Å². The molecule has 1 N–H and O–H groups in total. The van der Waals surface area contributed by atoms with Crippen LogP contribution < -0.4 is 0 Å². The van der Waals surface area contributed by atoms with Gasteiger partial charge in [-0.2, -0.15) is 5.10 Å². The topological polar surface area (TPSA) is 50.4 Å². The molecular formula is C18H12FN3O. The fourth-order valence-corrected chi connectivity index (χ4v) is 2.51. The molecule has 4 aromatic rings. The molecule has 0 amide bonds.